The van der Waals surface area contributed by atoms with Crippen molar-refractivity contribution in [3.8, 4) is 0 Å². The summed E-state index contributed by atoms with van der Waals surface area (Å²) < 4.78 is 0. The first-order valence-corrected chi connectivity index (χ1v) is 2.66. The van der Waals surface area contributed by atoms with Crippen molar-refractivity contribution in [2.45, 2.75) is 12.6 Å². The van der Waals surface area contributed by atoms with Crippen LogP contribution < -0.4 is 5.32 Å². The molecule has 0 aliphatic carbocycles. The first-order valence-electron chi connectivity index (χ1n) is 2.66. The largest absolute Gasteiger partial charge is 0.282 e. The maximum absolute atomic E-state index is 10.0. The molecule has 0 saturated heterocycles. The molecule has 0 aromatic rings. The van der Waals surface area contributed by atoms with Crippen LogP contribution in [0.15, 0.2) is 4.99 Å². The Morgan fingerprint density at radius 1 is 1.89 bits per heavy atom. The van der Waals surface area contributed by atoms with E-state index < -0.39 is 6.17 Å². The van der Waals surface area contributed by atoms with Crippen molar-refractivity contribution in [1.29, 1.82) is 0 Å². The summed E-state index contributed by atoms with van der Waals surface area (Å²) in [6, 6.07) is 0. The third-order valence-electron chi connectivity index (χ3n) is 1.13. The minimum Gasteiger partial charge on any atom is -0.282 e. The molecule has 1 rings (SSSR count). The molecule has 0 bridgehead atoms. The zero-order chi connectivity index (χ0) is 6.69. The highest BCUT2D eigenvalue weighted by Gasteiger charge is 2.18. The molecule has 0 aromatic heterocycles. The fraction of sp³-hybridized carbons (Fsp3) is 0.750. The van der Waals surface area contributed by atoms with Gasteiger partial charge in [-0.1, -0.05) is 0 Å². The van der Waals surface area contributed by atoms with Gasteiger partial charge >= 0.3 is 0 Å². The van der Waals surface area contributed by atoms with Gasteiger partial charge in [-0.2, -0.15) is 0 Å². The predicted molar refractivity (Wildman–Crippen MR) is 31.9 cm³/mol. The summed E-state index contributed by atoms with van der Waals surface area (Å²) in [4.78, 5) is 13.5. The summed E-state index contributed by atoms with van der Waals surface area (Å²) in [5.41, 5.74) is 0. The van der Waals surface area contributed by atoms with E-state index in [1.807, 2.05) is 0 Å². The van der Waals surface area contributed by atoms with Crippen LogP contribution in [-0.2, 0) is 0 Å². The molecule has 1 aliphatic heterocycles. The molecule has 0 aromatic carbocycles. The van der Waals surface area contributed by atoms with Crippen LogP contribution in [0, 0.1) is 10.1 Å². The molecule has 5 nitrogen and oxygen atoms in total. The molecule has 0 fully saturated rings. The number of nitro groups is 1. The second-order valence-corrected chi connectivity index (χ2v) is 1.76. The SMILES string of the molecule is O=[N+]([O-])C1CC=NCN1. The van der Waals surface area contributed by atoms with Gasteiger partial charge in [-0.3, -0.25) is 15.1 Å². The van der Waals surface area contributed by atoms with Gasteiger partial charge in [0.2, 0.25) is 0 Å². The predicted octanol–water partition coefficient (Wildman–Crippen LogP) is -0.389. The van der Waals surface area contributed by atoms with Gasteiger partial charge in [0.15, 0.2) is 0 Å². The van der Waals surface area contributed by atoms with E-state index in [1.54, 1.807) is 6.21 Å². The standard InChI is InChI=1S/C4H7N3O2/c8-7(9)4-1-2-5-3-6-4/h2,4,6H,1,3H2. The summed E-state index contributed by atoms with van der Waals surface area (Å²) >= 11 is 0. The average molecular weight is 129 g/mol. The molecule has 1 atom stereocenters. The van der Waals surface area contributed by atoms with Crippen LogP contribution >= 0.6 is 0 Å². The Morgan fingerprint density at radius 2 is 2.67 bits per heavy atom. The van der Waals surface area contributed by atoms with Crippen molar-refractivity contribution in [2.24, 2.45) is 4.99 Å². The van der Waals surface area contributed by atoms with Gasteiger partial charge in [0.1, 0.15) is 0 Å². The zero-order valence-corrected chi connectivity index (χ0v) is 4.78. The maximum Gasteiger partial charge on any atom is 0.272 e. The van der Waals surface area contributed by atoms with E-state index in [1.165, 1.54) is 0 Å². The van der Waals surface area contributed by atoms with Crippen LogP contribution in [0.3, 0.4) is 0 Å². The van der Waals surface area contributed by atoms with Gasteiger partial charge in [-0.15, -0.1) is 0 Å². The monoisotopic (exact) mass is 129 g/mol. The van der Waals surface area contributed by atoms with Gasteiger partial charge in [0.05, 0.1) is 13.1 Å². The molecule has 5 heteroatoms. The quantitative estimate of drug-likeness (QED) is 0.387. The van der Waals surface area contributed by atoms with Crippen LogP contribution in [-0.4, -0.2) is 24.0 Å². The maximum atomic E-state index is 10.0. The summed E-state index contributed by atoms with van der Waals surface area (Å²) in [6.07, 6.45) is 1.35. The van der Waals surface area contributed by atoms with E-state index in [4.69, 9.17) is 0 Å². The van der Waals surface area contributed by atoms with Crippen LogP contribution in [0.25, 0.3) is 0 Å². The van der Waals surface area contributed by atoms with E-state index in [0.29, 0.717) is 13.1 Å². The molecule has 50 valence electrons. The van der Waals surface area contributed by atoms with Crippen molar-refractivity contribution in [3.05, 3.63) is 10.1 Å². The molecule has 1 heterocycles. The lowest BCUT2D eigenvalue weighted by molar-refractivity contribution is -0.527. The lowest BCUT2D eigenvalue weighted by Crippen LogP contribution is -2.39. The smallest absolute Gasteiger partial charge is 0.272 e. The molecule has 1 N–H and O–H groups in total. The average Bonchev–Trinajstić information content (AvgIpc) is 1.90. The molecule has 0 spiro atoms. The fourth-order valence-electron chi connectivity index (χ4n) is 0.641. The van der Waals surface area contributed by atoms with Gasteiger partial charge in [0.25, 0.3) is 6.17 Å². The topological polar surface area (TPSA) is 67.5 Å². The Balaban J connectivity index is 2.44. The molecule has 1 aliphatic rings. The second-order valence-electron chi connectivity index (χ2n) is 1.76. The Labute approximate surface area is 51.9 Å². The molecule has 0 radical (unpaired) electrons. The van der Waals surface area contributed by atoms with Crippen molar-refractivity contribution in [1.82, 2.24) is 5.32 Å². The summed E-state index contributed by atoms with van der Waals surface area (Å²) in [5, 5.41) is 12.7. The summed E-state index contributed by atoms with van der Waals surface area (Å²) in [5.74, 6) is 0. The van der Waals surface area contributed by atoms with Crippen LogP contribution in [0.5, 0.6) is 0 Å². The van der Waals surface area contributed by atoms with E-state index in [-0.39, 0.29) is 4.92 Å². The molecule has 0 amide bonds. The molecule has 0 saturated carbocycles. The first kappa shape index (κ1) is 6.15. The van der Waals surface area contributed by atoms with E-state index in [0.717, 1.165) is 0 Å². The Morgan fingerprint density at radius 3 is 3.00 bits per heavy atom. The van der Waals surface area contributed by atoms with Crippen molar-refractivity contribution in [2.75, 3.05) is 6.67 Å². The number of hydrogen-bond donors (Lipinski definition) is 1. The number of nitrogens with zero attached hydrogens (tertiary/aromatic N) is 2. The highest BCUT2D eigenvalue weighted by atomic mass is 16.6. The molecule has 9 heavy (non-hydrogen) atoms. The number of rotatable bonds is 1. The highest BCUT2D eigenvalue weighted by Crippen LogP contribution is 1.93. The number of aliphatic imine (C=N–C) groups is 1. The van der Waals surface area contributed by atoms with Gasteiger partial charge < -0.3 is 0 Å². The molecular formula is C4H7N3O2. The zero-order valence-electron chi connectivity index (χ0n) is 4.78. The normalized spacial score (nSPS) is 26.0. The van der Waals surface area contributed by atoms with Crippen molar-refractivity contribution >= 4 is 6.21 Å². The van der Waals surface area contributed by atoms with Crippen LogP contribution in [0.2, 0.25) is 0 Å². The number of hydrogen-bond acceptors (Lipinski definition) is 4. The minimum absolute atomic E-state index is 0.342. The minimum atomic E-state index is -0.623. The van der Waals surface area contributed by atoms with Gasteiger partial charge in [0, 0.05) is 11.1 Å². The lowest BCUT2D eigenvalue weighted by Gasteiger charge is -2.09. The van der Waals surface area contributed by atoms with E-state index in [9.17, 15) is 10.1 Å². The number of nitrogens with one attached hydrogen (secondary N) is 1. The van der Waals surface area contributed by atoms with Crippen LogP contribution in [0.1, 0.15) is 6.42 Å². The van der Waals surface area contributed by atoms with Crippen molar-refractivity contribution in [3.63, 3.8) is 0 Å². The Bertz CT molecular complexity index is 145. The van der Waals surface area contributed by atoms with Crippen LogP contribution in [0.4, 0.5) is 0 Å². The van der Waals surface area contributed by atoms with E-state index >= 15 is 0 Å². The molecular weight excluding hydrogens is 122 g/mol. The third-order valence-corrected chi connectivity index (χ3v) is 1.13. The highest BCUT2D eigenvalue weighted by molar-refractivity contribution is 5.58. The van der Waals surface area contributed by atoms with Gasteiger partial charge in [-0.05, 0) is 0 Å². The second kappa shape index (κ2) is 2.54. The van der Waals surface area contributed by atoms with Gasteiger partial charge in [-0.25, -0.2) is 5.32 Å². The summed E-state index contributed by atoms with van der Waals surface area (Å²) in [7, 11) is 0. The lowest BCUT2D eigenvalue weighted by atomic mass is 10.3. The first-order chi connectivity index (χ1) is 4.30. The Kier molecular flexibility index (Phi) is 1.74. The molecule has 1 unspecified atom stereocenters. The van der Waals surface area contributed by atoms with Crippen molar-refractivity contribution < 1.29 is 4.92 Å². The fourth-order valence-corrected chi connectivity index (χ4v) is 0.641. The van der Waals surface area contributed by atoms with E-state index in [2.05, 4.69) is 10.3 Å². The Hall–Kier alpha value is -0.970. The summed E-state index contributed by atoms with van der Waals surface area (Å²) in [6.45, 7) is 0.367. The third kappa shape index (κ3) is 1.46.